The molecule has 12 heavy (non-hydrogen) atoms. The molecule has 2 heteroatoms. The first kappa shape index (κ1) is 8.53. The van der Waals surface area contributed by atoms with Gasteiger partial charge in [-0.2, -0.15) is 0 Å². The van der Waals surface area contributed by atoms with E-state index in [0.717, 1.165) is 0 Å². The van der Waals surface area contributed by atoms with Crippen molar-refractivity contribution >= 4 is 5.78 Å². The standard InChI is InChI=1S/C10H10O2/c1-7(2)12-10-6-9(11)5-4-8(10)3/h4-6H,1,3H2,2H3. The molecule has 0 heterocycles. The first-order chi connectivity index (χ1) is 5.59. The van der Waals surface area contributed by atoms with Gasteiger partial charge in [-0.05, 0) is 19.1 Å². The second kappa shape index (κ2) is 3.22. The van der Waals surface area contributed by atoms with E-state index in [1.165, 1.54) is 12.2 Å². The fraction of sp³-hybridized carbons (Fsp3) is 0.100. The number of allylic oxidation sites excluding steroid dienone is 4. The summed E-state index contributed by atoms with van der Waals surface area (Å²) >= 11 is 0. The maximum absolute atomic E-state index is 10.9. The van der Waals surface area contributed by atoms with Crippen LogP contribution in [0.1, 0.15) is 6.92 Å². The maximum Gasteiger partial charge on any atom is 0.182 e. The summed E-state index contributed by atoms with van der Waals surface area (Å²) in [6.07, 6.45) is 4.48. The van der Waals surface area contributed by atoms with Gasteiger partial charge in [0.25, 0.3) is 0 Å². The van der Waals surface area contributed by atoms with Crippen molar-refractivity contribution in [3.63, 3.8) is 0 Å². The fourth-order valence-electron chi connectivity index (χ4n) is 0.818. The molecule has 0 amide bonds. The summed E-state index contributed by atoms with van der Waals surface area (Å²) in [6.45, 7) is 9.00. The molecule has 62 valence electrons. The van der Waals surface area contributed by atoms with Crippen molar-refractivity contribution < 1.29 is 9.53 Å². The molecule has 0 aromatic carbocycles. The van der Waals surface area contributed by atoms with Crippen molar-refractivity contribution in [1.29, 1.82) is 0 Å². The molecule has 0 aromatic heterocycles. The first-order valence-corrected chi connectivity index (χ1v) is 3.56. The van der Waals surface area contributed by atoms with Crippen LogP contribution in [0, 0.1) is 0 Å². The summed E-state index contributed by atoms with van der Waals surface area (Å²) < 4.78 is 5.17. The van der Waals surface area contributed by atoms with Crippen molar-refractivity contribution in [2.75, 3.05) is 0 Å². The van der Waals surface area contributed by atoms with Gasteiger partial charge in [0, 0.05) is 11.6 Å². The number of ketones is 1. The smallest absolute Gasteiger partial charge is 0.182 e. The molecule has 0 fully saturated rings. The van der Waals surface area contributed by atoms with Crippen LogP contribution in [0.15, 0.2) is 48.5 Å². The van der Waals surface area contributed by atoms with Gasteiger partial charge in [-0.15, -0.1) is 0 Å². The lowest BCUT2D eigenvalue weighted by Crippen LogP contribution is -2.01. The summed E-state index contributed by atoms with van der Waals surface area (Å²) in [5.41, 5.74) is 0.692. The molecule has 2 nitrogen and oxygen atoms in total. The largest absolute Gasteiger partial charge is 0.462 e. The topological polar surface area (TPSA) is 26.3 Å². The molecule has 0 atom stereocenters. The zero-order valence-corrected chi connectivity index (χ0v) is 6.96. The van der Waals surface area contributed by atoms with Gasteiger partial charge >= 0.3 is 0 Å². The van der Waals surface area contributed by atoms with E-state index in [1.807, 2.05) is 0 Å². The highest BCUT2D eigenvalue weighted by atomic mass is 16.5. The lowest BCUT2D eigenvalue weighted by Gasteiger charge is -2.11. The lowest BCUT2D eigenvalue weighted by atomic mass is 10.1. The molecule has 0 bridgehead atoms. The molecule has 0 radical (unpaired) electrons. The van der Waals surface area contributed by atoms with Crippen molar-refractivity contribution in [2.45, 2.75) is 6.92 Å². The van der Waals surface area contributed by atoms with Crippen molar-refractivity contribution in [3.05, 3.63) is 48.5 Å². The Morgan fingerprint density at radius 3 is 2.75 bits per heavy atom. The van der Waals surface area contributed by atoms with Crippen LogP contribution < -0.4 is 0 Å². The van der Waals surface area contributed by atoms with Crippen LogP contribution >= 0.6 is 0 Å². The molecule has 1 aliphatic carbocycles. The predicted molar refractivity (Wildman–Crippen MR) is 47.3 cm³/mol. The number of rotatable bonds is 2. The highest BCUT2D eigenvalue weighted by Gasteiger charge is 2.09. The quantitative estimate of drug-likeness (QED) is 0.581. The summed E-state index contributed by atoms with van der Waals surface area (Å²) in [5, 5.41) is 0. The Morgan fingerprint density at radius 1 is 1.50 bits per heavy atom. The summed E-state index contributed by atoms with van der Waals surface area (Å²) in [7, 11) is 0. The van der Waals surface area contributed by atoms with Crippen LogP contribution in [0.25, 0.3) is 0 Å². The number of hydrogen-bond acceptors (Lipinski definition) is 2. The van der Waals surface area contributed by atoms with Gasteiger partial charge in [0.15, 0.2) is 5.78 Å². The minimum atomic E-state index is -0.0846. The van der Waals surface area contributed by atoms with E-state index >= 15 is 0 Å². The van der Waals surface area contributed by atoms with Crippen molar-refractivity contribution in [2.24, 2.45) is 0 Å². The zero-order chi connectivity index (χ0) is 9.14. The molecule has 0 saturated heterocycles. The molecular weight excluding hydrogens is 152 g/mol. The maximum atomic E-state index is 10.9. The molecule has 1 rings (SSSR count). The zero-order valence-electron chi connectivity index (χ0n) is 6.96. The van der Waals surface area contributed by atoms with Crippen LogP contribution in [0.5, 0.6) is 0 Å². The third-order valence-electron chi connectivity index (χ3n) is 1.32. The molecular formula is C10H10O2. The van der Waals surface area contributed by atoms with Gasteiger partial charge in [0.2, 0.25) is 0 Å². The minimum absolute atomic E-state index is 0.0846. The Bertz CT molecular complexity index is 306. The van der Waals surface area contributed by atoms with Gasteiger partial charge in [-0.25, -0.2) is 0 Å². The van der Waals surface area contributed by atoms with Crippen molar-refractivity contribution in [3.8, 4) is 0 Å². The summed E-state index contributed by atoms with van der Waals surface area (Å²) in [4.78, 5) is 10.9. The molecule has 0 spiro atoms. The molecule has 0 N–H and O–H groups in total. The number of hydrogen-bond donors (Lipinski definition) is 0. The molecule has 0 saturated carbocycles. The number of carbonyl (C=O) groups is 1. The van der Waals surface area contributed by atoms with Gasteiger partial charge in [0.1, 0.15) is 5.76 Å². The van der Waals surface area contributed by atoms with Crippen LogP contribution in [0.2, 0.25) is 0 Å². The Balaban J connectivity index is 2.81. The summed E-state index contributed by atoms with van der Waals surface area (Å²) in [5.74, 6) is 0.944. The van der Waals surface area contributed by atoms with E-state index in [2.05, 4.69) is 13.2 Å². The third-order valence-corrected chi connectivity index (χ3v) is 1.32. The summed E-state index contributed by atoms with van der Waals surface area (Å²) in [6, 6.07) is 0. The Morgan fingerprint density at radius 2 is 2.17 bits per heavy atom. The predicted octanol–water partition coefficient (Wildman–Crippen LogP) is 2.12. The average molecular weight is 162 g/mol. The normalized spacial score (nSPS) is 15.9. The monoisotopic (exact) mass is 162 g/mol. The Labute approximate surface area is 71.5 Å². The number of ether oxygens (including phenoxy) is 1. The Hall–Kier alpha value is -1.57. The second-order valence-electron chi connectivity index (χ2n) is 2.57. The van der Waals surface area contributed by atoms with Crippen LogP contribution in [-0.2, 0) is 9.53 Å². The van der Waals surface area contributed by atoms with Gasteiger partial charge in [-0.1, -0.05) is 13.2 Å². The van der Waals surface area contributed by atoms with Gasteiger partial charge < -0.3 is 4.74 Å². The van der Waals surface area contributed by atoms with E-state index in [1.54, 1.807) is 13.0 Å². The lowest BCUT2D eigenvalue weighted by molar-refractivity contribution is -0.110. The van der Waals surface area contributed by atoms with Crippen LogP contribution in [0.3, 0.4) is 0 Å². The van der Waals surface area contributed by atoms with E-state index < -0.39 is 0 Å². The van der Waals surface area contributed by atoms with E-state index in [4.69, 9.17) is 4.74 Å². The second-order valence-corrected chi connectivity index (χ2v) is 2.57. The third kappa shape index (κ3) is 1.95. The SMILES string of the molecule is C=C(C)OC1=CC(=O)C=CC1=C. The Kier molecular flexibility index (Phi) is 2.29. The molecule has 0 unspecified atom stereocenters. The van der Waals surface area contributed by atoms with Gasteiger partial charge in [-0.3, -0.25) is 4.79 Å². The van der Waals surface area contributed by atoms with Gasteiger partial charge in [0.05, 0.1) is 5.76 Å². The molecule has 0 aromatic rings. The van der Waals surface area contributed by atoms with Crippen LogP contribution in [-0.4, -0.2) is 5.78 Å². The highest BCUT2D eigenvalue weighted by Crippen LogP contribution is 2.17. The van der Waals surface area contributed by atoms with Crippen LogP contribution in [0.4, 0.5) is 0 Å². The molecule has 0 aliphatic heterocycles. The minimum Gasteiger partial charge on any atom is -0.462 e. The fourth-order valence-corrected chi connectivity index (χ4v) is 0.818. The van der Waals surface area contributed by atoms with E-state index in [9.17, 15) is 4.79 Å². The average Bonchev–Trinajstić information content (AvgIpc) is 1.96. The van der Waals surface area contributed by atoms with E-state index in [-0.39, 0.29) is 5.78 Å². The van der Waals surface area contributed by atoms with Crippen molar-refractivity contribution in [1.82, 2.24) is 0 Å². The highest BCUT2D eigenvalue weighted by molar-refractivity contribution is 6.01. The van der Waals surface area contributed by atoms with E-state index in [0.29, 0.717) is 17.1 Å². The first-order valence-electron chi connectivity index (χ1n) is 3.56. The molecule has 1 aliphatic rings. The number of carbonyl (C=O) groups excluding carboxylic acids is 1.